The quantitative estimate of drug-likeness (QED) is 0.501. The van der Waals surface area contributed by atoms with Crippen molar-refractivity contribution in [3.63, 3.8) is 0 Å². The van der Waals surface area contributed by atoms with E-state index in [-0.39, 0.29) is 6.61 Å². The molecule has 0 aliphatic rings. The minimum atomic E-state index is 0. The molecule has 0 heterocycles. The van der Waals surface area contributed by atoms with Crippen LogP contribution in [0.3, 0.4) is 0 Å². The van der Waals surface area contributed by atoms with Crippen molar-refractivity contribution in [1.29, 1.82) is 0 Å². The van der Waals surface area contributed by atoms with Crippen LogP contribution < -0.4 is 10.2 Å². The fourth-order valence-electron chi connectivity index (χ4n) is 0. The molecule has 0 saturated carbocycles. The minimum absolute atomic E-state index is 0. The van der Waals surface area contributed by atoms with Gasteiger partial charge in [-0.1, -0.05) is 6.92 Å². The van der Waals surface area contributed by atoms with Crippen LogP contribution >= 0.6 is 0 Å². The van der Waals surface area contributed by atoms with Gasteiger partial charge in [0.1, 0.15) is 0 Å². The maximum atomic E-state index is 8.93. The van der Waals surface area contributed by atoms with Gasteiger partial charge in [0.05, 0.1) is 0 Å². The van der Waals surface area contributed by atoms with E-state index in [0.717, 1.165) is 37.5 Å². The Morgan fingerprint density at radius 2 is 0.909 bits per heavy atom. The Morgan fingerprint density at radius 1 is 0.909 bits per heavy atom. The van der Waals surface area contributed by atoms with Crippen LogP contribution in [0.25, 0.3) is 0 Å². The molecular formula is C7H20Al2O2. The topological polar surface area (TPSA) is 46.1 Å². The molecule has 0 rings (SSSR count). The van der Waals surface area contributed by atoms with Crippen LogP contribution in [0.4, 0.5) is 0 Å². The van der Waals surface area contributed by atoms with Crippen LogP contribution in [0.15, 0.2) is 0 Å². The monoisotopic (exact) mass is 190 g/mol. The van der Waals surface area contributed by atoms with Crippen molar-refractivity contribution in [1.82, 2.24) is 0 Å². The molecule has 66 valence electrons. The molecule has 0 saturated heterocycles. The second kappa shape index (κ2) is 69.0. The standard InChI is InChI=1S/C2H5O.CH3O.4CH3.2Al/c1-2-3;1-2;;;;;;/h2H2,1H3;1H3;4*1H3;;/q2*-1;;;;;2*+1. The van der Waals surface area contributed by atoms with Crippen LogP contribution in [-0.4, -0.2) is 44.2 Å². The van der Waals surface area contributed by atoms with Crippen molar-refractivity contribution in [2.45, 2.75) is 30.1 Å². The van der Waals surface area contributed by atoms with Gasteiger partial charge in [-0.15, -0.1) is 6.61 Å². The summed E-state index contributed by atoms with van der Waals surface area (Å²) in [6, 6.07) is 0. The molecule has 0 aromatic carbocycles. The predicted octanol–water partition coefficient (Wildman–Crippen LogP) is -0.0833. The van der Waals surface area contributed by atoms with Crippen LogP contribution in [-0.2, 0) is 0 Å². The van der Waals surface area contributed by atoms with Crippen molar-refractivity contribution in [2.24, 2.45) is 0 Å². The van der Waals surface area contributed by atoms with Crippen LogP contribution in [0.1, 0.15) is 6.92 Å². The van der Waals surface area contributed by atoms with E-state index >= 15 is 0 Å². The summed E-state index contributed by atoms with van der Waals surface area (Å²) in [5.74, 6) is 8.83. The Bertz CT molecular complexity index is 19.2. The van der Waals surface area contributed by atoms with Crippen molar-refractivity contribution < 1.29 is 10.2 Å². The fourth-order valence-corrected chi connectivity index (χ4v) is 0. The molecule has 0 aromatic rings. The Hall–Kier alpha value is 0.985. The molecule has 4 heteroatoms. The average molecular weight is 190 g/mol. The second-order valence-electron chi connectivity index (χ2n) is 1.44. The Morgan fingerprint density at radius 3 is 0.909 bits per heavy atom. The summed E-state index contributed by atoms with van der Waals surface area (Å²) >= 11 is 1.50. The first-order valence-corrected chi connectivity index (χ1v) is 8.33. The van der Waals surface area contributed by atoms with Gasteiger partial charge in [-0.05, 0) is 0 Å². The van der Waals surface area contributed by atoms with E-state index in [0.29, 0.717) is 0 Å². The zero-order chi connectivity index (χ0) is 10.1. The molecule has 0 aromatic heterocycles. The Labute approximate surface area is 84.4 Å². The molecule has 0 spiro atoms. The zero-order valence-corrected chi connectivity index (χ0v) is 11.0. The molecule has 0 aliphatic carbocycles. The molecule has 0 fully saturated rings. The van der Waals surface area contributed by atoms with Gasteiger partial charge in [-0.2, -0.15) is 7.11 Å². The summed E-state index contributed by atoms with van der Waals surface area (Å²) in [6.45, 7) is 1.57. The summed E-state index contributed by atoms with van der Waals surface area (Å²) in [5, 5.41) is 17.2. The van der Waals surface area contributed by atoms with Crippen LogP contribution in [0.5, 0.6) is 0 Å². The molecule has 0 radical (unpaired) electrons. The third-order valence-electron chi connectivity index (χ3n) is 0. The van der Waals surface area contributed by atoms with Gasteiger partial charge in [0, 0.05) is 0 Å². The van der Waals surface area contributed by atoms with Gasteiger partial charge >= 0.3 is 53.6 Å². The molecule has 0 amide bonds. The Balaban J connectivity index is -0.0000000301. The van der Waals surface area contributed by atoms with Gasteiger partial charge in [0.25, 0.3) is 0 Å². The molecular weight excluding hydrogens is 170 g/mol. The predicted molar refractivity (Wildman–Crippen MR) is 51.4 cm³/mol. The van der Waals surface area contributed by atoms with E-state index < -0.39 is 0 Å². The maximum absolute atomic E-state index is 8.93. The van der Waals surface area contributed by atoms with E-state index in [1.165, 1.54) is 0 Å². The van der Waals surface area contributed by atoms with Crippen LogP contribution in [0, 0.1) is 0 Å². The number of hydrogen-bond donors (Lipinski definition) is 0. The van der Waals surface area contributed by atoms with Gasteiger partial charge in [-0.25, -0.2) is 0 Å². The fraction of sp³-hybridized carbons (Fsp3) is 1.00. The van der Waals surface area contributed by atoms with Crippen molar-refractivity contribution in [3.05, 3.63) is 0 Å². The van der Waals surface area contributed by atoms with Gasteiger partial charge < -0.3 is 10.2 Å². The van der Waals surface area contributed by atoms with Gasteiger partial charge in [0.2, 0.25) is 0 Å². The first-order chi connectivity index (χ1) is 5.24. The molecule has 2 nitrogen and oxygen atoms in total. The van der Waals surface area contributed by atoms with Gasteiger partial charge in [-0.3, -0.25) is 0 Å². The summed E-state index contributed by atoms with van der Waals surface area (Å²) < 4.78 is 0. The van der Waals surface area contributed by atoms with Crippen molar-refractivity contribution in [2.75, 3.05) is 13.7 Å². The molecule has 11 heavy (non-hydrogen) atoms. The second-order valence-corrected chi connectivity index (χ2v) is 3.75. The molecule has 0 N–H and O–H groups in total. The van der Waals surface area contributed by atoms with E-state index in [9.17, 15) is 0 Å². The normalized spacial score (nSPS) is 4.00. The van der Waals surface area contributed by atoms with E-state index in [4.69, 9.17) is 10.2 Å². The summed E-state index contributed by atoms with van der Waals surface area (Å²) in [7, 11) is 0.750. The zero-order valence-electron chi connectivity index (χ0n) is 8.68. The molecule has 0 unspecified atom stereocenters. The first-order valence-electron chi connectivity index (χ1n) is 3.71. The van der Waals surface area contributed by atoms with E-state index in [1.807, 2.05) is 0 Å². The summed E-state index contributed by atoms with van der Waals surface area (Å²) in [6.07, 6.45) is 0. The Kier molecular flexibility index (Phi) is 142. The van der Waals surface area contributed by atoms with Gasteiger partial charge in [0.15, 0.2) is 0 Å². The van der Waals surface area contributed by atoms with Crippen LogP contribution in [0.2, 0.25) is 23.1 Å². The molecule has 0 bridgehead atoms. The van der Waals surface area contributed by atoms with Crippen molar-refractivity contribution in [3.8, 4) is 0 Å². The number of hydrogen-bond acceptors (Lipinski definition) is 2. The average Bonchev–Trinajstić information content (AvgIpc) is 1.96. The van der Waals surface area contributed by atoms with Crippen molar-refractivity contribution >= 4 is 30.4 Å². The number of rotatable bonds is 0. The third kappa shape index (κ3) is 914. The SMILES string of the molecule is CC[O-].C[O-].[CH3][Al+][CH3].[CH3][Al+][CH3]. The summed E-state index contributed by atoms with van der Waals surface area (Å²) in [4.78, 5) is 0. The first kappa shape index (κ1) is 22.7. The molecule has 0 aliphatic heterocycles. The van der Waals surface area contributed by atoms with E-state index in [1.54, 1.807) is 6.92 Å². The summed E-state index contributed by atoms with van der Waals surface area (Å²) in [5.41, 5.74) is 0. The third-order valence-corrected chi connectivity index (χ3v) is 0. The molecule has 0 atom stereocenters. The van der Waals surface area contributed by atoms with E-state index in [2.05, 4.69) is 23.1 Å².